The molecule has 0 aliphatic rings. The van der Waals surface area contributed by atoms with Gasteiger partial charge in [0.1, 0.15) is 11.5 Å². The van der Waals surface area contributed by atoms with Crippen molar-refractivity contribution in [1.29, 1.82) is 0 Å². The molecule has 2 aromatic rings. The summed E-state index contributed by atoms with van der Waals surface area (Å²) < 4.78 is 5.01. The molecule has 0 fully saturated rings. The number of ether oxygens (including phenoxy) is 1. The first-order valence-electron chi connectivity index (χ1n) is 5.95. The molecule has 0 radical (unpaired) electrons. The lowest BCUT2D eigenvalue weighted by Gasteiger charge is -2.02. The van der Waals surface area contributed by atoms with E-state index in [9.17, 15) is 9.90 Å². The molecule has 0 saturated heterocycles. The molecule has 0 spiro atoms. The molecule has 0 aliphatic carbocycles. The molecular weight excluding hydrogens is 256 g/mol. The van der Waals surface area contributed by atoms with Crippen LogP contribution >= 0.6 is 0 Å². The van der Waals surface area contributed by atoms with Gasteiger partial charge < -0.3 is 9.84 Å². The Morgan fingerprint density at radius 2 is 2.00 bits per heavy atom. The maximum Gasteiger partial charge on any atom is 0.271 e. The van der Waals surface area contributed by atoms with E-state index in [1.54, 1.807) is 55.6 Å². The Balaban J connectivity index is 1.97. The number of rotatable bonds is 4. The highest BCUT2D eigenvalue weighted by atomic mass is 16.5. The van der Waals surface area contributed by atoms with Gasteiger partial charge in [-0.1, -0.05) is 12.1 Å². The van der Waals surface area contributed by atoms with E-state index in [0.29, 0.717) is 16.9 Å². The smallest absolute Gasteiger partial charge is 0.271 e. The number of hydrogen-bond acceptors (Lipinski definition) is 4. The molecule has 0 aliphatic heterocycles. The van der Waals surface area contributed by atoms with Gasteiger partial charge in [0, 0.05) is 5.56 Å². The van der Waals surface area contributed by atoms with Crippen LogP contribution in [0, 0.1) is 0 Å². The predicted molar refractivity (Wildman–Crippen MR) is 76.2 cm³/mol. The van der Waals surface area contributed by atoms with Crippen molar-refractivity contribution in [3.63, 3.8) is 0 Å². The Morgan fingerprint density at radius 1 is 1.25 bits per heavy atom. The van der Waals surface area contributed by atoms with E-state index in [2.05, 4.69) is 10.5 Å². The number of phenolic OH excluding ortho intramolecular Hbond substituents is 1. The van der Waals surface area contributed by atoms with Gasteiger partial charge in [0.2, 0.25) is 0 Å². The fraction of sp³-hybridized carbons (Fsp3) is 0.0667. The van der Waals surface area contributed by atoms with Crippen LogP contribution in [0.2, 0.25) is 0 Å². The van der Waals surface area contributed by atoms with Gasteiger partial charge in [0.05, 0.1) is 13.3 Å². The molecule has 0 bridgehead atoms. The second-order valence-electron chi connectivity index (χ2n) is 4.02. The molecule has 5 nitrogen and oxygen atoms in total. The van der Waals surface area contributed by atoms with Crippen molar-refractivity contribution >= 4 is 12.1 Å². The van der Waals surface area contributed by atoms with Gasteiger partial charge in [-0.25, -0.2) is 5.43 Å². The van der Waals surface area contributed by atoms with Crippen LogP contribution < -0.4 is 10.2 Å². The molecule has 0 saturated carbocycles. The summed E-state index contributed by atoms with van der Waals surface area (Å²) in [6.07, 6.45) is 1.46. The lowest BCUT2D eigenvalue weighted by Crippen LogP contribution is -2.17. The van der Waals surface area contributed by atoms with Crippen molar-refractivity contribution in [2.24, 2.45) is 5.10 Å². The highest BCUT2D eigenvalue weighted by molar-refractivity contribution is 5.95. The maximum absolute atomic E-state index is 11.8. The number of phenols is 1. The summed E-state index contributed by atoms with van der Waals surface area (Å²) in [5.41, 5.74) is 3.59. The molecule has 0 unspecified atom stereocenters. The Bertz CT molecular complexity index is 621. The average molecular weight is 270 g/mol. The van der Waals surface area contributed by atoms with Crippen molar-refractivity contribution in [3.05, 3.63) is 59.7 Å². The van der Waals surface area contributed by atoms with Gasteiger partial charge in [-0.2, -0.15) is 5.10 Å². The third-order valence-electron chi connectivity index (χ3n) is 2.60. The lowest BCUT2D eigenvalue weighted by atomic mass is 10.2. The van der Waals surface area contributed by atoms with Crippen molar-refractivity contribution in [2.75, 3.05) is 7.11 Å². The van der Waals surface area contributed by atoms with Crippen LogP contribution in [0.4, 0.5) is 0 Å². The predicted octanol–water partition coefficient (Wildman–Crippen LogP) is 2.16. The van der Waals surface area contributed by atoms with Gasteiger partial charge >= 0.3 is 0 Å². The van der Waals surface area contributed by atoms with E-state index in [1.165, 1.54) is 6.21 Å². The third-order valence-corrected chi connectivity index (χ3v) is 2.60. The number of benzene rings is 2. The van der Waals surface area contributed by atoms with E-state index in [4.69, 9.17) is 4.74 Å². The second kappa shape index (κ2) is 6.38. The van der Waals surface area contributed by atoms with Crippen molar-refractivity contribution in [2.45, 2.75) is 0 Å². The number of carbonyl (C=O) groups excluding carboxylic acids is 1. The first kappa shape index (κ1) is 13.6. The molecule has 2 N–H and O–H groups in total. The summed E-state index contributed by atoms with van der Waals surface area (Å²) in [6.45, 7) is 0. The zero-order chi connectivity index (χ0) is 14.4. The molecule has 0 atom stereocenters. The molecule has 5 heteroatoms. The number of hydrogen-bond donors (Lipinski definition) is 2. The molecule has 0 aromatic heterocycles. The largest absolute Gasteiger partial charge is 0.508 e. The topological polar surface area (TPSA) is 70.9 Å². The van der Waals surface area contributed by atoms with Crippen LogP contribution in [0.3, 0.4) is 0 Å². The molecular formula is C15H14N2O3. The zero-order valence-corrected chi connectivity index (χ0v) is 10.9. The molecule has 2 rings (SSSR count). The van der Waals surface area contributed by atoms with E-state index >= 15 is 0 Å². The standard InChI is InChI=1S/C15H14N2O3/c1-20-14-7-5-12(6-8-14)15(19)17-16-10-11-3-2-4-13(18)9-11/h2-10,18H,1H3,(H,17,19). The fourth-order valence-corrected chi connectivity index (χ4v) is 1.58. The Labute approximate surface area is 116 Å². The van der Waals surface area contributed by atoms with Gasteiger partial charge in [0.15, 0.2) is 0 Å². The van der Waals surface area contributed by atoms with Crippen LogP contribution in [0.25, 0.3) is 0 Å². The van der Waals surface area contributed by atoms with Crippen LogP contribution in [0.15, 0.2) is 53.6 Å². The van der Waals surface area contributed by atoms with Crippen molar-refractivity contribution < 1.29 is 14.6 Å². The van der Waals surface area contributed by atoms with Gasteiger partial charge in [-0.15, -0.1) is 0 Å². The second-order valence-corrected chi connectivity index (χ2v) is 4.02. The zero-order valence-electron chi connectivity index (χ0n) is 10.9. The first-order valence-corrected chi connectivity index (χ1v) is 5.95. The Morgan fingerprint density at radius 3 is 2.65 bits per heavy atom. The SMILES string of the molecule is COc1ccc(C(=O)NN=Cc2cccc(O)c2)cc1. The summed E-state index contributed by atoms with van der Waals surface area (Å²) in [5.74, 6) is 0.518. The molecule has 20 heavy (non-hydrogen) atoms. The number of nitrogens with one attached hydrogen (secondary N) is 1. The third kappa shape index (κ3) is 3.58. The minimum Gasteiger partial charge on any atom is -0.508 e. The van der Waals surface area contributed by atoms with E-state index in [-0.39, 0.29) is 11.7 Å². The summed E-state index contributed by atoms with van der Waals surface area (Å²) in [5, 5.41) is 13.1. The number of aromatic hydroxyl groups is 1. The van der Waals surface area contributed by atoms with Gasteiger partial charge in [0.25, 0.3) is 5.91 Å². The Hall–Kier alpha value is -2.82. The number of hydrazone groups is 1. The fourth-order valence-electron chi connectivity index (χ4n) is 1.58. The number of carbonyl (C=O) groups is 1. The number of nitrogens with zero attached hydrogens (tertiary/aromatic N) is 1. The molecule has 1 amide bonds. The highest BCUT2D eigenvalue weighted by Crippen LogP contribution is 2.11. The first-order chi connectivity index (χ1) is 9.69. The molecule has 0 heterocycles. The van der Waals surface area contributed by atoms with Crippen LogP contribution in [0.5, 0.6) is 11.5 Å². The van der Waals surface area contributed by atoms with Crippen LogP contribution in [-0.4, -0.2) is 24.3 Å². The summed E-state index contributed by atoms with van der Waals surface area (Å²) in [4.78, 5) is 11.8. The minimum absolute atomic E-state index is 0.149. The van der Waals surface area contributed by atoms with Crippen LogP contribution in [-0.2, 0) is 0 Å². The van der Waals surface area contributed by atoms with Crippen molar-refractivity contribution in [1.82, 2.24) is 5.43 Å². The lowest BCUT2D eigenvalue weighted by molar-refractivity contribution is 0.0955. The molecule has 2 aromatic carbocycles. The summed E-state index contributed by atoms with van der Waals surface area (Å²) in [7, 11) is 1.56. The maximum atomic E-state index is 11.8. The minimum atomic E-state index is -0.316. The highest BCUT2D eigenvalue weighted by Gasteiger charge is 2.03. The quantitative estimate of drug-likeness (QED) is 0.660. The normalized spacial score (nSPS) is 10.4. The average Bonchev–Trinajstić information content (AvgIpc) is 2.47. The number of methoxy groups -OCH3 is 1. The monoisotopic (exact) mass is 270 g/mol. The van der Waals surface area contributed by atoms with Crippen molar-refractivity contribution in [3.8, 4) is 11.5 Å². The summed E-state index contributed by atoms with van der Waals surface area (Å²) in [6, 6.07) is 13.3. The molecule has 102 valence electrons. The van der Waals surface area contributed by atoms with Gasteiger partial charge in [-0.05, 0) is 42.0 Å². The van der Waals surface area contributed by atoms with Crippen LogP contribution in [0.1, 0.15) is 15.9 Å². The van der Waals surface area contributed by atoms with Gasteiger partial charge in [-0.3, -0.25) is 4.79 Å². The number of amides is 1. The van der Waals surface area contributed by atoms with E-state index < -0.39 is 0 Å². The van der Waals surface area contributed by atoms with E-state index in [1.807, 2.05) is 0 Å². The Kier molecular flexibility index (Phi) is 4.34. The van der Waals surface area contributed by atoms with E-state index in [0.717, 1.165) is 0 Å². The summed E-state index contributed by atoms with van der Waals surface area (Å²) >= 11 is 0.